The largest absolute Gasteiger partial charge is 0.480 e. The minimum Gasteiger partial charge on any atom is -0.480 e. The second-order valence-corrected chi connectivity index (χ2v) is 2.39. The molecule has 0 heterocycles. The van der Waals surface area contributed by atoms with Gasteiger partial charge in [-0.3, -0.25) is 9.79 Å². The maximum absolute atomic E-state index is 10.2. The zero-order valence-corrected chi connectivity index (χ0v) is 10.6. The number of aliphatic imine (C=N–C) groups is 1. The summed E-state index contributed by atoms with van der Waals surface area (Å²) in [6.45, 7) is 0.420. The average Bonchev–Trinajstić information content (AvgIpc) is 1.97. The van der Waals surface area contributed by atoms with Crippen LogP contribution in [0.5, 0.6) is 0 Å². The first-order chi connectivity index (χ1) is 5.54. The van der Waals surface area contributed by atoms with E-state index >= 15 is 0 Å². The van der Waals surface area contributed by atoms with Crippen LogP contribution >= 0.6 is 0 Å². The summed E-state index contributed by atoms with van der Waals surface area (Å²) in [4.78, 5) is 13.9. The molecule has 0 aliphatic rings. The van der Waals surface area contributed by atoms with Crippen molar-refractivity contribution in [2.75, 3.05) is 6.54 Å². The third kappa shape index (κ3) is 11.9. The van der Waals surface area contributed by atoms with E-state index in [4.69, 9.17) is 22.3 Å². The van der Waals surface area contributed by atoms with E-state index in [0.29, 0.717) is 19.4 Å². The van der Waals surface area contributed by atoms with Gasteiger partial charge in [-0.1, -0.05) is 0 Å². The normalized spacial score (nSPS) is 10.4. The van der Waals surface area contributed by atoms with Crippen molar-refractivity contribution in [1.29, 1.82) is 0 Å². The quantitative estimate of drug-likeness (QED) is 0.183. The van der Waals surface area contributed by atoms with Gasteiger partial charge in [0.1, 0.15) is 6.04 Å². The fraction of sp³-hybridized carbons (Fsp3) is 0.667. The minimum atomic E-state index is -1.00. The molecule has 0 aromatic rings. The van der Waals surface area contributed by atoms with Crippen molar-refractivity contribution in [2.24, 2.45) is 22.2 Å². The molecule has 0 saturated heterocycles. The SMILES string of the molecule is NC(N)=NCCC[C@H](N)C(=O)O.[Ni].[Pt]. The van der Waals surface area contributed by atoms with Crippen molar-refractivity contribution in [2.45, 2.75) is 18.9 Å². The van der Waals surface area contributed by atoms with Gasteiger partial charge in [-0.2, -0.15) is 0 Å². The molecule has 0 radical (unpaired) electrons. The Morgan fingerprint density at radius 3 is 2.29 bits per heavy atom. The van der Waals surface area contributed by atoms with Gasteiger partial charge in [-0.15, -0.1) is 0 Å². The predicted molar refractivity (Wildman–Crippen MR) is 45.5 cm³/mol. The van der Waals surface area contributed by atoms with Gasteiger partial charge in [0.05, 0.1) is 0 Å². The van der Waals surface area contributed by atoms with Crippen LogP contribution in [0.25, 0.3) is 0 Å². The van der Waals surface area contributed by atoms with Crippen molar-refractivity contribution >= 4 is 11.9 Å². The molecule has 0 rings (SSSR count). The zero-order chi connectivity index (χ0) is 9.56. The number of nitrogens with two attached hydrogens (primary N) is 3. The first-order valence-electron chi connectivity index (χ1n) is 3.58. The molecule has 0 bridgehead atoms. The Kier molecular flexibility index (Phi) is 15.2. The van der Waals surface area contributed by atoms with Gasteiger partial charge in [-0.05, 0) is 12.8 Å². The number of carbonyl (C=O) groups is 1. The third-order valence-corrected chi connectivity index (χ3v) is 1.28. The number of hydrogen-bond donors (Lipinski definition) is 4. The van der Waals surface area contributed by atoms with E-state index < -0.39 is 12.0 Å². The van der Waals surface area contributed by atoms with Crippen LogP contribution in [0.2, 0.25) is 0 Å². The van der Waals surface area contributed by atoms with Crippen LogP contribution in [0, 0.1) is 0 Å². The van der Waals surface area contributed by atoms with E-state index in [1.54, 1.807) is 0 Å². The first-order valence-corrected chi connectivity index (χ1v) is 3.58. The fourth-order valence-electron chi connectivity index (χ4n) is 0.643. The maximum Gasteiger partial charge on any atom is 0.320 e. The van der Waals surface area contributed by atoms with Crippen molar-refractivity contribution in [3.63, 3.8) is 0 Å². The summed E-state index contributed by atoms with van der Waals surface area (Å²) in [7, 11) is 0. The van der Waals surface area contributed by atoms with Gasteiger partial charge in [0.25, 0.3) is 0 Å². The second-order valence-electron chi connectivity index (χ2n) is 2.39. The van der Waals surface area contributed by atoms with Gasteiger partial charge in [0.15, 0.2) is 5.96 Å². The summed E-state index contributed by atoms with van der Waals surface area (Å²) < 4.78 is 0. The molecule has 0 aromatic carbocycles. The molecule has 7 N–H and O–H groups in total. The maximum atomic E-state index is 10.2. The third-order valence-electron chi connectivity index (χ3n) is 1.28. The van der Waals surface area contributed by atoms with E-state index in [1.165, 1.54) is 0 Å². The van der Waals surface area contributed by atoms with Gasteiger partial charge in [0.2, 0.25) is 0 Å². The standard InChI is InChI=1S/C6H14N4O2.Ni.Pt/c7-4(5(11)12)2-1-3-10-6(8)9;;/h4H,1-3,7H2,(H,11,12)(H4,8,9,10);;/t4-;;/m0../s1. The summed E-state index contributed by atoms with van der Waals surface area (Å²) in [5, 5.41) is 8.38. The smallest absolute Gasteiger partial charge is 0.320 e. The van der Waals surface area contributed by atoms with Gasteiger partial charge >= 0.3 is 5.97 Å². The topological polar surface area (TPSA) is 128 Å². The zero-order valence-electron chi connectivity index (χ0n) is 7.37. The summed E-state index contributed by atoms with van der Waals surface area (Å²) in [5.74, 6) is -0.987. The molecular weight excluding hydrogens is 414 g/mol. The first kappa shape index (κ1) is 19.5. The van der Waals surface area contributed by atoms with Crippen LogP contribution in [-0.4, -0.2) is 29.6 Å². The molecule has 0 unspecified atom stereocenters. The number of hydrogen-bond acceptors (Lipinski definition) is 3. The van der Waals surface area contributed by atoms with Crippen molar-refractivity contribution in [3.8, 4) is 0 Å². The van der Waals surface area contributed by atoms with Gasteiger partial charge in [0, 0.05) is 44.1 Å². The minimum absolute atomic E-state index is 0. The average molecular weight is 428 g/mol. The Labute approximate surface area is 107 Å². The van der Waals surface area contributed by atoms with E-state index in [2.05, 4.69) is 4.99 Å². The molecule has 0 aliphatic carbocycles. The van der Waals surface area contributed by atoms with Crippen LogP contribution in [0.1, 0.15) is 12.8 Å². The molecule has 14 heavy (non-hydrogen) atoms. The van der Waals surface area contributed by atoms with E-state index in [-0.39, 0.29) is 43.5 Å². The number of carboxylic acid groups (broad SMARTS) is 1. The molecule has 0 spiro atoms. The Morgan fingerprint density at radius 2 is 1.93 bits per heavy atom. The number of carboxylic acids is 1. The van der Waals surface area contributed by atoms with E-state index in [0.717, 1.165) is 0 Å². The Bertz CT molecular complexity index is 187. The molecule has 0 aliphatic heterocycles. The molecule has 90 valence electrons. The van der Waals surface area contributed by atoms with Crippen LogP contribution in [-0.2, 0) is 42.4 Å². The van der Waals surface area contributed by atoms with Crippen LogP contribution in [0.15, 0.2) is 4.99 Å². The molecule has 0 aromatic heterocycles. The van der Waals surface area contributed by atoms with Gasteiger partial charge in [-0.25, -0.2) is 0 Å². The fourth-order valence-corrected chi connectivity index (χ4v) is 0.643. The summed E-state index contributed by atoms with van der Waals surface area (Å²) in [5.41, 5.74) is 15.3. The predicted octanol–water partition coefficient (Wildman–Crippen LogP) is -1.55. The van der Waals surface area contributed by atoms with E-state index in [1.807, 2.05) is 0 Å². The Hall–Kier alpha value is -0.118. The van der Waals surface area contributed by atoms with Crippen LogP contribution in [0.3, 0.4) is 0 Å². The Balaban J connectivity index is -0.000000605. The summed E-state index contributed by atoms with van der Waals surface area (Å²) in [6, 6.07) is -0.820. The molecule has 6 nitrogen and oxygen atoms in total. The van der Waals surface area contributed by atoms with Crippen molar-refractivity contribution in [3.05, 3.63) is 0 Å². The van der Waals surface area contributed by atoms with Gasteiger partial charge < -0.3 is 22.3 Å². The van der Waals surface area contributed by atoms with Crippen LogP contribution in [0.4, 0.5) is 0 Å². The van der Waals surface area contributed by atoms with Crippen molar-refractivity contribution < 1.29 is 47.5 Å². The Morgan fingerprint density at radius 1 is 1.43 bits per heavy atom. The number of aliphatic carboxylic acids is 1. The number of rotatable bonds is 5. The summed E-state index contributed by atoms with van der Waals surface area (Å²) in [6.07, 6.45) is 0.956. The molecule has 1 atom stereocenters. The molecule has 0 fully saturated rings. The van der Waals surface area contributed by atoms with Crippen LogP contribution < -0.4 is 17.2 Å². The van der Waals surface area contributed by atoms with Crippen molar-refractivity contribution in [1.82, 2.24) is 0 Å². The molecular formula is C6H14N4NiO2Pt. The summed E-state index contributed by atoms with van der Waals surface area (Å²) >= 11 is 0. The number of nitrogens with zero attached hydrogens (tertiary/aromatic N) is 1. The van der Waals surface area contributed by atoms with E-state index in [9.17, 15) is 4.79 Å². The molecule has 0 saturated carbocycles. The molecule has 8 heteroatoms. The monoisotopic (exact) mass is 427 g/mol. The molecule has 0 amide bonds. The number of guanidine groups is 1. The second kappa shape index (κ2) is 11.0.